The summed E-state index contributed by atoms with van der Waals surface area (Å²) >= 11 is 19.3. The van der Waals surface area contributed by atoms with Crippen LogP contribution in [0, 0.1) is 0 Å². The van der Waals surface area contributed by atoms with Gasteiger partial charge in [0.25, 0.3) is 3.25 Å². The Hall–Kier alpha value is -0.410. The van der Waals surface area contributed by atoms with Crippen LogP contribution in [0.15, 0.2) is 60.7 Å². The Balaban J connectivity index is 0.000000383. The predicted molar refractivity (Wildman–Crippen MR) is 89.4 cm³/mol. The Labute approximate surface area is 144 Å². The molecule has 0 aliphatic carbocycles. The second kappa shape index (κ2) is 9.58. The van der Waals surface area contributed by atoms with Crippen molar-refractivity contribution in [3.05, 3.63) is 60.7 Å². The molecule has 0 saturated heterocycles. The van der Waals surface area contributed by atoms with Crippen LogP contribution in [0.25, 0.3) is 0 Å². The molecule has 0 radical (unpaired) electrons. The fourth-order valence-electron chi connectivity index (χ4n) is 1.16. The minimum atomic E-state index is -1.93. The van der Waals surface area contributed by atoms with E-state index in [4.69, 9.17) is 55.5 Å². The second-order valence-electron chi connectivity index (χ2n) is 3.48. The first-order valence-corrected chi connectivity index (χ1v) is 8.19. The van der Waals surface area contributed by atoms with Crippen LogP contribution in [-0.2, 0) is 0 Å². The van der Waals surface area contributed by atoms with Crippen molar-refractivity contribution < 1.29 is 13.9 Å². The maximum absolute atomic E-state index is 9.58. The number of benzene rings is 2. The summed E-state index contributed by atoms with van der Waals surface area (Å²) in [5.74, 6) is 1.18. The normalized spacial score (nSPS) is 10.6. The summed E-state index contributed by atoms with van der Waals surface area (Å²) in [6.07, 6.45) is 0. The minimum absolute atomic E-state index is 0.590. The van der Waals surface area contributed by atoms with Gasteiger partial charge in [0.15, 0.2) is 0 Å². The summed E-state index contributed by atoms with van der Waals surface area (Å²) in [5.41, 5.74) is 0. The standard InChI is InChI=1S/C12H11O3P.CCl4/c13-16(14-11-7-3-1-4-8-11)15-12-9-5-2-6-10-12;2-1(3,4)5/h1-10,13H;. The van der Waals surface area contributed by atoms with Crippen LogP contribution in [0.3, 0.4) is 0 Å². The van der Waals surface area contributed by atoms with Gasteiger partial charge in [-0.15, -0.1) is 0 Å². The van der Waals surface area contributed by atoms with Gasteiger partial charge < -0.3 is 13.9 Å². The van der Waals surface area contributed by atoms with Crippen molar-refractivity contribution in [3.63, 3.8) is 0 Å². The molecule has 0 aliphatic rings. The molecule has 0 aromatic heterocycles. The molecular formula is C13H11Cl4O3P. The third kappa shape index (κ3) is 10.9. The Kier molecular flexibility index (Phi) is 8.50. The predicted octanol–water partition coefficient (Wildman–Crippen LogP) is 5.92. The van der Waals surface area contributed by atoms with Gasteiger partial charge in [-0.25, -0.2) is 0 Å². The van der Waals surface area contributed by atoms with Crippen molar-refractivity contribution >= 4 is 55.0 Å². The summed E-state index contributed by atoms with van der Waals surface area (Å²) in [6, 6.07) is 18.2. The maximum Gasteiger partial charge on any atom is 0.460 e. The van der Waals surface area contributed by atoms with Gasteiger partial charge in [-0.1, -0.05) is 82.8 Å². The minimum Gasteiger partial charge on any atom is -0.418 e. The summed E-state index contributed by atoms with van der Waals surface area (Å²) in [7, 11) is -1.93. The lowest BCUT2D eigenvalue weighted by molar-refractivity contribution is 0.382. The molecule has 3 nitrogen and oxygen atoms in total. The zero-order valence-corrected chi connectivity index (χ0v) is 14.4. The van der Waals surface area contributed by atoms with E-state index in [0.29, 0.717) is 11.5 Å². The average Bonchev–Trinajstić information content (AvgIpc) is 2.39. The number of rotatable bonds is 4. The van der Waals surface area contributed by atoms with E-state index in [9.17, 15) is 4.89 Å². The van der Waals surface area contributed by atoms with Crippen molar-refractivity contribution in [3.8, 4) is 11.5 Å². The smallest absolute Gasteiger partial charge is 0.418 e. The first-order chi connectivity index (χ1) is 9.84. The molecule has 0 spiro atoms. The van der Waals surface area contributed by atoms with Gasteiger partial charge in [-0.3, -0.25) is 0 Å². The highest BCUT2D eigenvalue weighted by atomic mass is 35.6. The Bertz CT molecular complexity index is 460. The van der Waals surface area contributed by atoms with Crippen LogP contribution in [0.1, 0.15) is 0 Å². The van der Waals surface area contributed by atoms with E-state index >= 15 is 0 Å². The molecular weight excluding hydrogens is 377 g/mol. The van der Waals surface area contributed by atoms with E-state index in [2.05, 4.69) is 0 Å². The highest BCUT2D eigenvalue weighted by molar-refractivity contribution is 7.41. The average molecular weight is 388 g/mol. The SMILES string of the molecule is ClC(Cl)(Cl)Cl.OP(Oc1ccccc1)Oc1ccccc1. The Morgan fingerprint density at radius 3 is 1.29 bits per heavy atom. The van der Waals surface area contributed by atoms with Crippen LogP contribution in [0.5, 0.6) is 11.5 Å². The molecule has 0 aliphatic heterocycles. The third-order valence-corrected chi connectivity index (χ3v) is 2.59. The topological polar surface area (TPSA) is 38.7 Å². The highest BCUT2D eigenvalue weighted by Crippen LogP contribution is 2.35. The molecule has 8 heteroatoms. The van der Waals surface area contributed by atoms with Gasteiger partial charge in [-0.05, 0) is 24.3 Å². The maximum atomic E-state index is 9.58. The molecule has 2 aromatic rings. The van der Waals surface area contributed by atoms with Crippen molar-refractivity contribution in [1.29, 1.82) is 0 Å². The molecule has 2 aromatic carbocycles. The first kappa shape index (κ1) is 18.6. The van der Waals surface area contributed by atoms with Crippen molar-refractivity contribution in [2.75, 3.05) is 0 Å². The van der Waals surface area contributed by atoms with Crippen LogP contribution in [-0.4, -0.2) is 8.15 Å². The van der Waals surface area contributed by atoms with Gasteiger partial charge in [0.1, 0.15) is 11.5 Å². The summed E-state index contributed by atoms with van der Waals surface area (Å²) in [6.45, 7) is 0. The van der Waals surface area contributed by atoms with Crippen LogP contribution < -0.4 is 9.05 Å². The molecule has 114 valence electrons. The molecule has 0 atom stereocenters. The molecule has 2 rings (SSSR count). The fourth-order valence-corrected chi connectivity index (χ4v) is 1.80. The molecule has 21 heavy (non-hydrogen) atoms. The van der Waals surface area contributed by atoms with Crippen LogP contribution >= 0.6 is 55.0 Å². The van der Waals surface area contributed by atoms with Gasteiger partial charge in [0.05, 0.1) is 0 Å². The number of para-hydroxylation sites is 2. The molecule has 0 saturated carbocycles. The van der Waals surface area contributed by atoms with E-state index < -0.39 is 11.9 Å². The van der Waals surface area contributed by atoms with Gasteiger partial charge in [-0.2, -0.15) is 0 Å². The largest absolute Gasteiger partial charge is 0.460 e. The number of hydrogen-bond acceptors (Lipinski definition) is 3. The lowest BCUT2D eigenvalue weighted by Gasteiger charge is -2.11. The van der Waals surface area contributed by atoms with Crippen molar-refractivity contribution in [1.82, 2.24) is 0 Å². The number of alkyl halides is 4. The van der Waals surface area contributed by atoms with Gasteiger partial charge in [0.2, 0.25) is 0 Å². The summed E-state index contributed by atoms with van der Waals surface area (Å²) in [4.78, 5) is 9.58. The zero-order chi connectivity index (χ0) is 15.7. The summed E-state index contributed by atoms with van der Waals surface area (Å²) < 4.78 is 8.82. The monoisotopic (exact) mass is 386 g/mol. The molecule has 0 amide bonds. The van der Waals surface area contributed by atoms with Crippen LogP contribution in [0.2, 0.25) is 0 Å². The lowest BCUT2D eigenvalue weighted by Crippen LogP contribution is -1.93. The third-order valence-electron chi connectivity index (χ3n) is 1.85. The fraction of sp³-hybridized carbons (Fsp3) is 0.0769. The van der Waals surface area contributed by atoms with E-state index in [1.165, 1.54) is 0 Å². The highest BCUT2D eigenvalue weighted by Gasteiger charge is 2.11. The second-order valence-corrected chi connectivity index (χ2v) is 7.74. The van der Waals surface area contributed by atoms with Crippen LogP contribution in [0.4, 0.5) is 0 Å². The van der Waals surface area contributed by atoms with Gasteiger partial charge >= 0.3 is 8.60 Å². The quantitative estimate of drug-likeness (QED) is 0.523. The van der Waals surface area contributed by atoms with E-state index in [1.807, 2.05) is 36.4 Å². The molecule has 0 fully saturated rings. The number of halogens is 4. The number of hydrogen-bond donors (Lipinski definition) is 1. The Morgan fingerprint density at radius 2 is 1.00 bits per heavy atom. The first-order valence-electron chi connectivity index (χ1n) is 5.55. The van der Waals surface area contributed by atoms with Crippen molar-refractivity contribution in [2.45, 2.75) is 3.25 Å². The van der Waals surface area contributed by atoms with E-state index in [0.717, 1.165) is 0 Å². The molecule has 0 unspecified atom stereocenters. The van der Waals surface area contributed by atoms with E-state index in [1.54, 1.807) is 24.3 Å². The molecule has 1 N–H and O–H groups in total. The molecule has 0 heterocycles. The van der Waals surface area contributed by atoms with E-state index in [-0.39, 0.29) is 0 Å². The van der Waals surface area contributed by atoms with Crippen molar-refractivity contribution in [2.24, 2.45) is 0 Å². The zero-order valence-electron chi connectivity index (χ0n) is 10.5. The molecule has 0 bridgehead atoms. The van der Waals surface area contributed by atoms with Gasteiger partial charge in [0, 0.05) is 0 Å². The summed E-state index contributed by atoms with van der Waals surface area (Å²) in [5, 5.41) is 0. The lowest BCUT2D eigenvalue weighted by atomic mass is 10.3. The Morgan fingerprint density at radius 1 is 0.714 bits per heavy atom.